The fourth-order valence-electron chi connectivity index (χ4n) is 5.21. The number of benzene rings is 4. The molecular formula is C34H38BrF4NO8P2S. The lowest BCUT2D eigenvalue weighted by atomic mass is 10.1. The lowest BCUT2D eigenvalue weighted by Gasteiger charge is -2.27. The standard InChI is InChI=1S/C34H38BrF4NO8P2S/c1-5-45-49(41,46-6-2)33(36,37)29-17-13-25(14-18-29)23-40(51(43,44)30-19-16-27-11-9-10-12-28(27)22-30)24-26-15-20-31(32(35)21-26)34(38,39)50(42,47-7-3)48-8-4/h9-22H,5-8,23-24H2,1-4H3. The fourth-order valence-corrected chi connectivity index (χ4v) is 10.6. The van der Waals surface area contributed by atoms with Crippen molar-refractivity contribution >= 4 is 51.9 Å². The third-order valence-corrected chi connectivity index (χ3v) is 14.3. The maximum absolute atomic E-state index is 15.6. The van der Waals surface area contributed by atoms with Crippen LogP contribution in [0, 0.1) is 0 Å². The minimum atomic E-state index is -4.94. The van der Waals surface area contributed by atoms with Crippen molar-refractivity contribution in [2.45, 2.75) is 57.0 Å². The zero-order valence-corrected chi connectivity index (χ0v) is 32.4. The number of sulfonamides is 1. The molecule has 0 aliphatic heterocycles. The Morgan fingerprint density at radius 3 is 1.67 bits per heavy atom. The molecule has 0 aliphatic carbocycles. The molecule has 0 radical (unpaired) electrons. The van der Waals surface area contributed by atoms with Crippen molar-refractivity contribution in [3.05, 3.63) is 112 Å². The van der Waals surface area contributed by atoms with Crippen LogP contribution >= 0.6 is 31.1 Å². The van der Waals surface area contributed by atoms with Crippen LogP contribution in [0.1, 0.15) is 49.9 Å². The maximum atomic E-state index is 15.6. The largest absolute Gasteiger partial charge is 0.404 e. The summed E-state index contributed by atoms with van der Waals surface area (Å²) in [6, 6.07) is 19.8. The quantitative estimate of drug-likeness (QED) is 0.0720. The van der Waals surface area contributed by atoms with E-state index >= 15 is 17.6 Å². The Kier molecular flexibility index (Phi) is 13.5. The highest BCUT2D eigenvalue weighted by Crippen LogP contribution is 2.68. The van der Waals surface area contributed by atoms with Crippen LogP contribution in [0.15, 0.2) is 94.3 Å². The van der Waals surface area contributed by atoms with Gasteiger partial charge in [-0.05, 0) is 67.8 Å². The van der Waals surface area contributed by atoms with Gasteiger partial charge < -0.3 is 18.1 Å². The summed E-state index contributed by atoms with van der Waals surface area (Å²) in [5, 5.41) is 1.45. The van der Waals surface area contributed by atoms with Crippen LogP contribution in [-0.4, -0.2) is 39.2 Å². The molecular weight excluding hydrogens is 800 g/mol. The highest BCUT2D eigenvalue weighted by Gasteiger charge is 2.56. The lowest BCUT2D eigenvalue weighted by Crippen LogP contribution is -2.30. The molecule has 0 fully saturated rings. The van der Waals surface area contributed by atoms with Crippen molar-refractivity contribution < 1.29 is 53.2 Å². The molecule has 0 N–H and O–H groups in total. The van der Waals surface area contributed by atoms with E-state index in [9.17, 15) is 17.5 Å². The minimum absolute atomic E-state index is 0.0599. The van der Waals surface area contributed by atoms with E-state index in [1.807, 2.05) is 12.1 Å². The monoisotopic (exact) mass is 837 g/mol. The summed E-state index contributed by atoms with van der Waals surface area (Å²) in [5.41, 5.74) is -8.83. The summed E-state index contributed by atoms with van der Waals surface area (Å²) in [6.45, 7) is 3.83. The fraction of sp³-hybridized carbons (Fsp3) is 0.353. The summed E-state index contributed by atoms with van der Waals surface area (Å²) >= 11 is 3.13. The average Bonchev–Trinajstić information content (AvgIpc) is 3.08. The zero-order chi connectivity index (χ0) is 37.7. The molecule has 0 heterocycles. The van der Waals surface area contributed by atoms with Gasteiger partial charge in [-0.15, -0.1) is 0 Å². The molecule has 0 amide bonds. The highest BCUT2D eigenvalue weighted by atomic mass is 79.9. The summed E-state index contributed by atoms with van der Waals surface area (Å²) in [4.78, 5) is -0.0599. The van der Waals surface area contributed by atoms with Gasteiger partial charge in [-0.25, -0.2) is 8.42 Å². The van der Waals surface area contributed by atoms with Gasteiger partial charge in [-0.1, -0.05) is 82.7 Å². The summed E-state index contributed by atoms with van der Waals surface area (Å²) in [7, 11) is -14.1. The second kappa shape index (κ2) is 16.7. The molecule has 0 saturated heterocycles. The van der Waals surface area contributed by atoms with Gasteiger partial charge >= 0.3 is 26.5 Å². The molecule has 17 heteroatoms. The van der Waals surface area contributed by atoms with Crippen LogP contribution in [0.5, 0.6) is 0 Å². The van der Waals surface area contributed by atoms with Crippen molar-refractivity contribution in [3.8, 4) is 0 Å². The SMILES string of the molecule is CCOP(=O)(OCC)C(F)(F)c1ccc(CN(Cc2ccc(C(F)(F)P(=O)(OCC)OCC)c(Br)c2)S(=O)(=O)c2ccc3ccccc3c2)cc1. The molecule has 4 rings (SSSR count). The van der Waals surface area contributed by atoms with Crippen molar-refractivity contribution in [3.63, 3.8) is 0 Å². The van der Waals surface area contributed by atoms with Crippen molar-refractivity contribution in [2.75, 3.05) is 26.4 Å². The molecule has 0 unspecified atom stereocenters. The molecule has 0 saturated carbocycles. The van der Waals surface area contributed by atoms with Gasteiger partial charge in [0.25, 0.3) is 0 Å². The number of hydrogen-bond acceptors (Lipinski definition) is 8. The predicted molar refractivity (Wildman–Crippen MR) is 190 cm³/mol. The number of nitrogens with zero attached hydrogens (tertiary/aromatic N) is 1. The van der Waals surface area contributed by atoms with Gasteiger partial charge in [0.2, 0.25) is 10.0 Å². The van der Waals surface area contributed by atoms with Crippen molar-refractivity contribution in [1.29, 1.82) is 0 Å². The molecule has 278 valence electrons. The highest BCUT2D eigenvalue weighted by molar-refractivity contribution is 9.10. The van der Waals surface area contributed by atoms with Gasteiger partial charge in [-0.2, -0.15) is 21.9 Å². The Hall–Kier alpha value is -2.45. The van der Waals surface area contributed by atoms with Crippen molar-refractivity contribution in [2.24, 2.45) is 0 Å². The molecule has 4 aromatic rings. The molecule has 51 heavy (non-hydrogen) atoms. The topological polar surface area (TPSA) is 108 Å². The van der Waals surface area contributed by atoms with E-state index in [4.69, 9.17) is 18.1 Å². The van der Waals surface area contributed by atoms with E-state index in [2.05, 4.69) is 15.9 Å². The first-order valence-electron chi connectivity index (χ1n) is 15.9. The number of alkyl halides is 4. The first-order valence-corrected chi connectivity index (χ1v) is 21.2. The van der Waals surface area contributed by atoms with Crippen LogP contribution < -0.4 is 0 Å². The Labute approximate surface area is 303 Å². The Morgan fingerprint density at radius 1 is 0.647 bits per heavy atom. The average molecular weight is 839 g/mol. The van der Waals surface area contributed by atoms with Crippen LogP contribution in [0.2, 0.25) is 0 Å². The number of hydrogen-bond donors (Lipinski definition) is 0. The van der Waals surface area contributed by atoms with E-state index in [-0.39, 0.29) is 60.0 Å². The predicted octanol–water partition coefficient (Wildman–Crippen LogP) is 10.6. The van der Waals surface area contributed by atoms with E-state index in [1.54, 1.807) is 18.2 Å². The second-order valence-corrected chi connectivity index (χ2v) is 18.0. The van der Waals surface area contributed by atoms with Crippen LogP contribution in [0.4, 0.5) is 17.6 Å². The maximum Gasteiger partial charge on any atom is 0.404 e. The van der Waals surface area contributed by atoms with Gasteiger partial charge in [0, 0.05) is 28.7 Å². The van der Waals surface area contributed by atoms with Gasteiger partial charge in [0.15, 0.2) is 0 Å². The summed E-state index contributed by atoms with van der Waals surface area (Å²) < 4.78 is 137. The molecule has 4 aromatic carbocycles. The van der Waals surface area contributed by atoms with Crippen LogP contribution in [0.25, 0.3) is 10.8 Å². The van der Waals surface area contributed by atoms with Gasteiger partial charge in [0.05, 0.1) is 31.3 Å². The normalized spacial score (nSPS) is 13.3. The molecule has 0 bridgehead atoms. The van der Waals surface area contributed by atoms with Crippen molar-refractivity contribution in [1.82, 2.24) is 4.31 Å². The van der Waals surface area contributed by atoms with E-state index < -0.39 is 47.7 Å². The summed E-state index contributed by atoms with van der Waals surface area (Å²) in [5.74, 6) is 0. The Balaban J connectivity index is 1.74. The molecule has 0 aliphatic rings. The van der Waals surface area contributed by atoms with Crippen LogP contribution in [-0.2, 0) is 61.7 Å². The molecule has 0 atom stereocenters. The zero-order valence-electron chi connectivity index (χ0n) is 28.2. The Morgan fingerprint density at radius 2 is 1.14 bits per heavy atom. The number of rotatable bonds is 18. The molecule has 9 nitrogen and oxygen atoms in total. The van der Waals surface area contributed by atoms with E-state index in [0.29, 0.717) is 5.39 Å². The van der Waals surface area contributed by atoms with E-state index in [0.717, 1.165) is 27.9 Å². The smallest absolute Gasteiger partial charge is 0.304 e. The molecule has 0 aromatic heterocycles. The lowest BCUT2D eigenvalue weighted by molar-refractivity contribution is 0.0354. The first-order chi connectivity index (χ1) is 24.0. The number of halogens is 5. The Bertz CT molecular complexity index is 2020. The summed E-state index contributed by atoms with van der Waals surface area (Å²) in [6.07, 6.45) is 0. The van der Waals surface area contributed by atoms with Gasteiger partial charge in [-0.3, -0.25) is 9.13 Å². The third-order valence-electron chi connectivity index (χ3n) is 7.62. The first kappa shape index (κ1) is 41.3. The number of fused-ring (bicyclic) bond motifs is 1. The third kappa shape index (κ3) is 8.69. The van der Waals surface area contributed by atoms with E-state index in [1.165, 1.54) is 64.1 Å². The van der Waals surface area contributed by atoms with Gasteiger partial charge in [0.1, 0.15) is 0 Å². The minimum Gasteiger partial charge on any atom is -0.304 e. The van der Waals surface area contributed by atoms with Crippen LogP contribution in [0.3, 0.4) is 0 Å². The molecule has 0 spiro atoms. The second-order valence-electron chi connectivity index (χ2n) is 11.0.